The van der Waals surface area contributed by atoms with Gasteiger partial charge in [0, 0.05) is 43.2 Å². The molecule has 1 amide bonds. The molecular weight excluding hydrogens is 423 g/mol. The molecule has 0 unspecified atom stereocenters. The van der Waals surface area contributed by atoms with Gasteiger partial charge < -0.3 is 15.2 Å². The first-order chi connectivity index (χ1) is 14.2. The number of aliphatic carboxylic acids is 1. The number of aromatic nitrogens is 1. The first-order valence-electron chi connectivity index (χ1n) is 10.1. The van der Waals surface area contributed by atoms with Gasteiger partial charge in [-0.15, -0.1) is 11.3 Å². The minimum atomic E-state index is -5.08. The van der Waals surface area contributed by atoms with Crippen LogP contribution in [-0.2, 0) is 20.9 Å². The summed E-state index contributed by atoms with van der Waals surface area (Å²) in [4.78, 5) is 28.5. The first kappa shape index (κ1) is 23.0. The van der Waals surface area contributed by atoms with Gasteiger partial charge in [-0.05, 0) is 19.3 Å². The van der Waals surface area contributed by atoms with Gasteiger partial charge in [0.1, 0.15) is 5.01 Å². The molecule has 3 fully saturated rings. The molecule has 0 radical (unpaired) electrons. The SMILES string of the molecule is O=C(NC1CCCC1)[C@@H]1CN(Cc2nccs2)C[C@H]2OCC[C@H]21.O=C(O)C(F)(F)F. The maximum Gasteiger partial charge on any atom is 0.490 e. The average molecular weight is 449 g/mol. The summed E-state index contributed by atoms with van der Waals surface area (Å²) in [5.74, 6) is -2.05. The van der Waals surface area contributed by atoms with Crippen molar-refractivity contribution in [2.45, 2.75) is 57.0 Å². The van der Waals surface area contributed by atoms with Crippen molar-refractivity contribution >= 4 is 23.2 Å². The Bertz CT molecular complexity index is 710. The Morgan fingerprint density at radius 2 is 1.97 bits per heavy atom. The number of carbonyl (C=O) groups excluding carboxylic acids is 1. The number of hydrogen-bond donors (Lipinski definition) is 2. The van der Waals surface area contributed by atoms with Gasteiger partial charge in [-0.2, -0.15) is 13.2 Å². The third-order valence-electron chi connectivity index (χ3n) is 5.79. The largest absolute Gasteiger partial charge is 0.490 e. The summed E-state index contributed by atoms with van der Waals surface area (Å²) < 4.78 is 37.7. The number of amides is 1. The first-order valence-corrected chi connectivity index (χ1v) is 10.9. The van der Waals surface area contributed by atoms with Gasteiger partial charge in [-0.1, -0.05) is 12.8 Å². The lowest BCUT2D eigenvalue weighted by atomic mass is 9.82. The van der Waals surface area contributed by atoms with Crippen LogP contribution in [-0.4, -0.2) is 64.9 Å². The van der Waals surface area contributed by atoms with Crippen LogP contribution in [0.1, 0.15) is 37.1 Å². The molecule has 2 saturated heterocycles. The number of halogens is 3. The molecule has 3 heterocycles. The van der Waals surface area contributed by atoms with Gasteiger partial charge >= 0.3 is 12.1 Å². The Kier molecular flexibility index (Phi) is 7.70. The molecule has 3 aliphatic rings. The van der Waals surface area contributed by atoms with E-state index in [2.05, 4.69) is 15.2 Å². The van der Waals surface area contributed by atoms with Crippen molar-refractivity contribution < 1.29 is 32.6 Å². The minimum absolute atomic E-state index is 0.0665. The van der Waals surface area contributed by atoms with E-state index >= 15 is 0 Å². The van der Waals surface area contributed by atoms with Crippen molar-refractivity contribution in [3.05, 3.63) is 16.6 Å². The van der Waals surface area contributed by atoms with E-state index in [1.54, 1.807) is 11.3 Å². The Balaban J connectivity index is 0.000000318. The Labute approximate surface area is 176 Å². The normalized spacial score (nSPS) is 27.2. The minimum Gasteiger partial charge on any atom is -0.475 e. The summed E-state index contributed by atoms with van der Waals surface area (Å²) >= 11 is 1.68. The number of thiazole rings is 1. The van der Waals surface area contributed by atoms with Gasteiger partial charge in [-0.3, -0.25) is 9.69 Å². The number of rotatable bonds is 4. The number of carboxylic acids is 1. The fourth-order valence-corrected chi connectivity index (χ4v) is 5.02. The highest BCUT2D eigenvalue weighted by Crippen LogP contribution is 2.35. The number of hydrogen-bond acceptors (Lipinski definition) is 6. The Morgan fingerprint density at radius 1 is 1.27 bits per heavy atom. The second kappa shape index (κ2) is 10.1. The summed E-state index contributed by atoms with van der Waals surface area (Å²) in [5.41, 5.74) is 0. The smallest absolute Gasteiger partial charge is 0.475 e. The highest BCUT2D eigenvalue weighted by atomic mass is 32.1. The van der Waals surface area contributed by atoms with Gasteiger partial charge in [0.25, 0.3) is 0 Å². The molecule has 0 aromatic carbocycles. The van der Waals surface area contributed by atoms with E-state index in [1.807, 2.05) is 11.6 Å². The van der Waals surface area contributed by atoms with Crippen molar-refractivity contribution in [3.8, 4) is 0 Å². The molecule has 2 N–H and O–H groups in total. The van der Waals surface area contributed by atoms with Crippen LogP contribution in [0, 0.1) is 11.8 Å². The lowest BCUT2D eigenvalue weighted by Gasteiger charge is -2.39. The third-order valence-corrected chi connectivity index (χ3v) is 6.56. The summed E-state index contributed by atoms with van der Waals surface area (Å²) in [6, 6.07) is 0.401. The van der Waals surface area contributed by atoms with Crippen LogP contribution in [0.25, 0.3) is 0 Å². The van der Waals surface area contributed by atoms with Gasteiger partial charge in [0.15, 0.2) is 0 Å². The van der Waals surface area contributed by atoms with Crippen molar-refractivity contribution in [2.24, 2.45) is 11.8 Å². The predicted molar refractivity (Wildman–Crippen MR) is 103 cm³/mol. The van der Waals surface area contributed by atoms with E-state index in [1.165, 1.54) is 12.8 Å². The fourth-order valence-electron chi connectivity index (χ4n) is 4.36. The van der Waals surface area contributed by atoms with E-state index in [0.717, 1.165) is 50.5 Å². The second-order valence-corrected chi connectivity index (χ2v) is 8.86. The van der Waals surface area contributed by atoms with E-state index in [0.29, 0.717) is 12.0 Å². The molecule has 30 heavy (non-hydrogen) atoms. The second-order valence-electron chi connectivity index (χ2n) is 7.88. The lowest BCUT2D eigenvalue weighted by molar-refractivity contribution is -0.192. The van der Waals surface area contributed by atoms with Crippen molar-refractivity contribution in [1.82, 2.24) is 15.2 Å². The zero-order chi connectivity index (χ0) is 21.7. The average Bonchev–Trinajstić information content (AvgIpc) is 3.43. The van der Waals surface area contributed by atoms with Crippen LogP contribution in [0.15, 0.2) is 11.6 Å². The predicted octanol–water partition coefficient (Wildman–Crippen LogP) is 2.67. The number of fused-ring (bicyclic) bond motifs is 1. The molecular formula is C19H26F3N3O4S. The van der Waals surface area contributed by atoms with Crippen LogP contribution in [0.3, 0.4) is 0 Å². The highest BCUT2D eigenvalue weighted by molar-refractivity contribution is 7.09. The number of carboxylic acid groups (broad SMARTS) is 1. The summed E-state index contributed by atoms with van der Waals surface area (Å²) in [6.07, 6.45) is 2.80. The molecule has 7 nitrogen and oxygen atoms in total. The maximum atomic E-state index is 12.8. The van der Waals surface area contributed by atoms with Crippen molar-refractivity contribution in [3.63, 3.8) is 0 Å². The number of nitrogens with one attached hydrogen (secondary N) is 1. The maximum absolute atomic E-state index is 12.8. The summed E-state index contributed by atoms with van der Waals surface area (Å²) in [5, 5.41) is 13.6. The van der Waals surface area contributed by atoms with Crippen LogP contribution in [0.4, 0.5) is 13.2 Å². The molecule has 1 aliphatic carbocycles. The fraction of sp³-hybridized carbons (Fsp3) is 0.737. The van der Waals surface area contributed by atoms with Crippen molar-refractivity contribution in [2.75, 3.05) is 19.7 Å². The number of ether oxygens (including phenoxy) is 1. The molecule has 1 saturated carbocycles. The standard InChI is InChI=1S/C17H25N3O2S.C2HF3O2/c21-17(19-12-3-1-2-4-12)14-9-20(11-16-18-6-8-23-16)10-15-13(14)5-7-22-15;3-2(4,5)1(6)7/h6,8,12-15H,1-5,7,9-11H2,(H,19,21);(H,6,7)/t13-,14+,15+;/m0./s1. The lowest BCUT2D eigenvalue weighted by Crippen LogP contribution is -2.53. The molecule has 1 aromatic heterocycles. The zero-order valence-corrected chi connectivity index (χ0v) is 17.3. The molecule has 2 aliphatic heterocycles. The third kappa shape index (κ3) is 6.14. The van der Waals surface area contributed by atoms with Crippen LogP contribution >= 0.6 is 11.3 Å². The molecule has 11 heteroatoms. The Hall–Kier alpha value is -1.72. The molecule has 0 bridgehead atoms. The van der Waals surface area contributed by atoms with Crippen LogP contribution in [0.2, 0.25) is 0 Å². The summed E-state index contributed by atoms with van der Waals surface area (Å²) in [7, 11) is 0. The number of nitrogens with zero attached hydrogens (tertiary/aromatic N) is 2. The van der Waals surface area contributed by atoms with E-state index in [-0.39, 0.29) is 17.9 Å². The van der Waals surface area contributed by atoms with E-state index in [4.69, 9.17) is 14.6 Å². The number of piperidine rings is 1. The quantitative estimate of drug-likeness (QED) is 0.735. The number of alkyl halides is 3. The highest BCUT2D eigenvalue weighted by Gasteiger charge is 2.44. The topological polar surface area (TPSA) is 91.8 Å². The molecule has 0 spiro atoms. The van der Waals surface area contributed by atoms with E-state index < -0.39 is 12.1 Å². The molecule has 1 aromatic rings. The van der Waals surface area contributed by atoms with Gasteiger partial charge in [0.05, 0.1) is 18.6 Å². The number of carbonyl (C=O) groups is 2. The Morgan fingerprint density at radius 3 is 2.57 bits per heavy atom. The van der Waals surface area contributed by atoms with E-state index in [9.17, 15) is 18.0 Å². The zero-order valence-electron chi connectivity index (χ0n) is 16.4. The monoisotopic (exact) mass is 449 g/mol. The van der Waals surface area contributed by atoms with Gasteiger partial charge in [0.2, 0.25) is 5.91 Å². The van der Waals surface area contributed by atoms with Gasteiger partial charge in [-0.25, -0.2) is 9.78 Å². The summed E-state index contributed by atoms with van der Waals surface area (Å²) in [6.45, 7) is 3.39. The molecule has 168 valence electrons. The molecule has 3 atom stereocenters. The molecule has 4 rings (SSSR count). The van der Waals surface area contributed by atoms with Crippen LogP contribution in [0.5, 0.6) is 0 Å². The van der Waals surface area contributed by atoms with Crippen molar-refractivity contribution in [1.29, 1.82) is 0 Å². The number of likely N-dealkylation sites (tertiary alicyclic amines) is 1. The van der Waals surface area contributed by atoms with Crippen LogP contribution < -0.4 is 5.32 Å².